The number of nitrogens with zero attached hydrogens (tertiary/aromatic N) is 3. The predicted octanol–water partition coefficient (Wildman–Crippen LogP) is 3.41. The van der Waals surface area contributed by atoms with Crippen LogP contribution in [0.3, 0.4) is 0 Å². The van der Waals surface area contributed by atoms with Crippen molar-refractivity contribution in [2.45, 2.75) is 6.92 Å². The van der Waals surface area contributed by atoms with E-state index in [1.165, 1.54) is 28.3 Å². The van der Waals surface area contributed by atoms with Crippen LogP contribution in [0.4, 0.5) is 5.13 Å². The fourth-order valence-corrected chi connectivity index (χ4v) is 3.61. The number of amides is 1. The number of benzene rings is 2. The van der Waals surface area contributed by atoms with E-state index in [1.54, 1.807) is 13.2 Å². The fraction of sp³-hybridized carbons (Fsp3) is 0.100. The lowest BCUT2D eigenvalue weighted by molar-refractivity contribution is 0.101. The number of rotatable bonds is 4. The van der Waals surface area contributed by atoms with Gasteiger partial charge in [0.2, 0.25) is 5.43 Å². The zero-order valence-electron chi connectivity index (χ0n) is 15.2. The van der Waals surface area contributed by atoms with Gasteiger partial charge in [0, 0.05) is 12.3 Å². The Morgan fingerprint density at radius 3 is 2.82 bits per heavy atom. The molecule has 0 saturated heterocycles. The van der Waals surface area contributed by atoms with Crippen LogP contribution in [-0.2, 0) is 0 Å². The van der Waals surface area contributed by atoms with E-state index in [0.717, 1.165) is 21.5 Å². The molecule has 0 saturated carbocycles. The number of carbonyl (C=O) groups excluding carboxylic acids is 1. The third-order valence-electron chi connectivity index (χ3n) is 4.11. The molecule has 1 N–H and O–H groups in total. The van der Waals surface area contributed by atoms with E-state index < -0.39 is 11.3 Å². The first kappa shape index (κ1) is 17.9. The van der Waals surface area contributed by atoms with Gasteiger partial charge >= 0.3 is 0 Å². The van der Waals surface area contributed by atoms with Crippen LogP contribution in [-0.4, -0.2) is 27.8 Å². The molecule has 2 heterocycles. The average molecular weight is 392 g/mol. The van der Waals surface area contributed by atoms with Crippen molar-refractivity contribution in [1.82, 2.24) is 14.8 Å². The maximum atomic E-state index is 12.6. The highest BCUT2D eigenvalue weighted by Gasteiger charge is 2.16. The molecule has 0 atom stereocenters. The third kappa shape index (κ3) is 3.49. The third-order valence-corrected chi connectivity index (χ3v) is 5.04. The predicted molar refractivity (Wildman–Crippen MR) is 109 cm³/mol. The highest BCUT2D eigenvalue weighted by Crippen LogP contribution is 2.29. The van der Waals surface area contributed by atoms with Gasteiger partial charge in [-0.15, -0.1) is 0 Å². The molecule has 0 aliphatic carbocycles. The first-order valence-corrected chi connectivity index (χ1v) is 9.28. The first-order chi connectivity index (χ1) is 13.5. The van der Waals surface area contributed by atoms with Gasteiger partial charge in [-0.1, -0.05) is 23.5 Å². The van der Waals surface area contributed by atoms with E-state index in [4.69, 9.17) is 4.74 Å². The van der Waals surface area contributed by atoms with Gasteiger partial charge in [-0.25, -0.2) is 9.67 Å². The summed E-state index contributed by atoms with van der Waals surface area (Å²) >= 11 is 1.30. The van der Waals surface area contributed by atoms with Crippen LogP contribution < -0.4 is 15.5 Å². The smallest absolute Gasteiger partial charge is 0.281 e. The number of hydrogen-bond acceptors (Lipinski definition) is 6. The van der Waals surface area contributed by atoms with Gasteiger partial charge in [-0.05, 0) is 42.8 Å². The summed E-state index contributed by atoms with van der Waals surface area (Å²) in [7, 11) is 1.59. The van der Waals surface area contributed by atoms with Gasteiger partial charge in [-0.2, -0.15) is 5.10 Å². The van der Waals surface area contributed by atoms with Crippen molar-refractivity contribution in [3.8, 4) is 11.4 Å². The summed E-state index contributed by atoms with van der Waals surface area (Å²) in [4.78, 5) is 29.2. The Kier molecular flexibility index (Phi) is 4.62. The van der Waals surface area contributed by atoms with Crippen LogP contribution in [0.5, 0.6) is 5.75 Å². The number of aromatic nitrogens is 3. The molecule has 0 spiro atoms. The molecule has 1 amide bonds. The van der Waals surface area contributed by atoms with Gasteiger partial charge in [0.1, 0.15) is 5.75 Å². The molecule has 4 rings (SSSR count). The minimum Gasteiger partial charge on any atom is -0.497 e. The number of fused-ring (bicyclic) bond motifs is 1. The first-order valence-electron chi connectivity index (χ1n) is 8.46. The minimum atomic E-state index is -0.599. The standard InChI is InChI=1S/C20H16N4O3S/c1-12-4-3-5-13(10-12)24-9-8-16(25)18(23-24)19(26)22-20-21-15-7-6-14(27-2)11-17(15)28-20/h3-11H,1-2H3,(H,21,22,26). The number of thiazole rings is 1. The Balaban J connectivity index is 1.64. The summed E-state index contributed by atoms with van der Waals surface area (Å²) in [6.45, 7) is 1.96. The maximum Gasteiger partial charge on any atom is 0.281 e. The zero-order valence-corrected chi connectivity index (χ0v) is 16.0. The van der Waals surface area contributed by atoms with Crippen LogP contribution in [0.25, 0.3) is 15.9 Å². The largest absolute Gasteiger partial charge is 0.497 e. The van der Waals surface area contributed by atoms with Crippen molar-refractivity contribution in [2.75, 3.05) is 12.4 Å². The number of methoxy groups -OCH3 is 1. The minimum absolute atomic E-state index is 0.194. The molecule has 7 nitrogen and oxygen atoms in total. The van der Waals surface area contributed by atoms with Crippen molar-refractivity contribution in [1.29, 1.82) is 0 Å². The van der Waals surface area contributed by atoms with Crippen molar-refractivity contribution in [3.63, 3.8) is 0 Å². The van der Waals surface area contributed by atoms with Gasteiger partial charge in [0.15, 0.2) is 10.8 Å². The van der Waals surface area contributed by atoms with Gasteiger partial charge in [-0.3, -0.25) is 14.9 Å². The second-order valence-corrected chi connectivity index (χ2v) is 7.15. The summed E-state index contributed by atoms with van der Waals surface area (Å²) in [5.41, 5.74) is 1.90. The number of carbonyl (C=O) groups is 1. The Labute approximate surface area is 164 Å². The fourth-order valence-electron chi connectivity index (χ4n) is 2.72. The molecule has 0 radical (unpaired) electrons. The number of anilines is 1. The summed E-state index contributed by atoms with van der Waals surface area (Å²) in [5, 5.41) is 7.27. The molecule has 140 valence electrons. The number of hydrogen-bond donors (Lipinski definition) is 1. The highest BCUT2D eigenvalue weighted by molar-refractivity contribution is 7.22. The summed E-state index contributed by atoms with van der Waals surface area (Å²) in [6.07, 6.45) is 1.54. The lowest BCUT2D eigenvalue weighted by Gasteiger charge is -2.07. The highest BCUT2D eigenvalue weighted by atomic mass is 32.1. The zero-order chi connectivity index (χ0) is 19.7. The molecule has 2 aromatic heterocycles. The van der Waals surface area contributed by atoms with E-state index in [0.29, 0.717) is 10.9 Å². The molecule has 0 aliphatic rings. The Morgan fingerprint density at radius 2 is 2.04 bits per heavy atom. The van der Waals surface area contributed by atoms with E-state index in [-0.39, 0.29) is 5.69 Å². The van der Waals surface area contributed by atoms with Gasteiger partial charge < -0.3 is 4.74 Å². The lowest BCUT2D eigenvalue weighted by atomic mass is 10.2. The Hall–Kier alpha value is -3.52. The lowest BCUT2D eigenvalue weighted by Crippen LogP contribution is -2.25. The molecule has 2 aromatic carbocycles. The molecule has 0 unspecified atom stereocenters. The van der Waals surface area contributed by atoms with Gasteiger partial charge in [0.05, 0.1) is 23.0 Å². The van der Waals surface area contributed by atoms with E-state index >= 15 is 0 Å². The van der Waals surface area contributed by atoms with Crippen LogP contribution in [0.15, 0.2) is 59.5 Å². The van der Waals surface area contributed by atoms with E-state index in [9.17, 15) is 9.59 Å². The Bertz CT molecular complexity index is 1250. The van der Waals surface area contributed by atoms with Gasteiger partial charge in [0.25, 0.3) is 5.91 Å². The number of ether oxygens (including phenoxy) is 1. The van der Waals surface area contributed by atoms with Crippen LogP contribution >= 0.6 is 11.3 Å². The summed E-state index contributed by atoms with van der Waals surface area (Å²) in [5.74, 6) is 0.109. The quantitative estimate of drug-likeness (QED) is 0.575. The maximum absolute atomic E-state index is 12.6. The topological polar surface area (TPSA) is 86.1 Å². The molecule has 8 heteroatoms. The SMILES string of the molecule is COc1ccc2nc(NC(=O)c3nn(-c4cccc(C)c4)ccc3=O)sc2c1. The molecule has 28 heavy (non-hydrogen) atoms. The van der Waals surface area contributed by atoms with E-state index in [1.807, 2.05) is 43.3 Å². The van der Waals surface area contributed by atoms with Crippen LogP contribution in [0, 0.1) is 6.92 Å². The normalized spacial score (nSPS) is 10.8. The second-order valence-electron chi connectivity index (χ2n) is 6.12. The van der Waals surface area contributed by atoms with Crippen LogP contribution in [0.2, 0.25) is 0 Å². The van der Waals surface area contributed by atoms with Crippen molar-refractivity contribution in [3.05, 3.63) is 76.2 Å². The van der Waals surface area contributed by atoms with Crippen LogP contribution in [0.1, 0.15) is 16.1 Å². The number of nitrogens with one attached hydrogen (secondary N) is 1. The summed E-state index contributed by atoms with van der Waals surface area (Å²) < 4.78 is 7.57. The average Bonchev–Trinajstić information content (AvgIpc) is 3.09. The summed E-state index contributed by atoms with van der Waals surface area (Å²) in [6, 6.07) is 14.4. The second kappa shape index (κ2) is 7.24. The monoisotopic (exact) mass is 392 g/mol. The molecule has 0 aliphatic heterocycles. The van der Waals surface area contributed by atoms with Crippen molar-refractivity contribution in [2.24, 2.45) is 0 Å². The molecule has 0 bridgehead atoms. The van der Waals surface area contributed by atoms with Crippen molar-refractivity contribution >= 4 is 32.6 Å². The molecular weight excluding hydrogens is 376 g/mol. The Morgan fingerprint density at radius 1 is 1.18 bits per heavy atom. The number of aryl methyl sites for hydroxylation is 1. The molecule has 0 fully saturated rings. The molecule has 4 aromatic rings. The molecular formula is C20H16N4O3S. The van der Waals surface area contributed by atoms with Crippen molar-refractivity contribution < 1.29 is 9.53 Å². The van der Waals surface area contributed by atoms with E-state index in [2.05, 4.69) is 15.4 Å².